The van der Waals surface area contributed by atoms with E-state index in [1.807, 2.05) is 6.92 Å². The molecule has 1 heterocycles. The number of anilines is 1. The third-order valence-electron chi connectivity index (χ3n) is 4.92. The van der Waals surface area contributed by atoms with Crippen LogP contribution in [-0.4, -0.2) is 61.2 Å². The smallest absolute Gasteiger partial charge is 0.378 e. The van der Waals surface area contributed by atoms with Crippen LogP contribution in [0.1, 0.15) is 31.7 Å². The van der Waals surface area contributed by atoms with Crippen LogP contribution in [-0.2, 0) is 10.3 Å². The average Bonchev–Trinajstić information content (AvgIpc) is 2.69. The molecule has 0 atom stereocenters. The first-order chi connectivity index (χ1) is 13.9. The molecule has 11 heteroatoms. The molecule has 1 saturated heterocycles. The maximum absolute atomic E-state index is 13.1. The summed E-state index contributed by atoms with van der Waals surface area (Å²) in [5.41, 5.74) is -6.21. The molecule has 30 heavy (non-hydrogen) atoms. The predicted molar refractivity (Wildman–Crippen MR) is 97.1 cm³/mol. The molecule has 0 unspecified atom stereocenters. The summed E-state index contributed by atoms with van der Waals surface area (Å²) >= 11 is 0. The normalized spacial score (nSPS) is 15.9. The number of ether oxygens (including phenoxy) is 1. The average molecular weight is 442 g/mol. The van der Waals surface area contributed by atoms with Crippen molar-refractivity contribution in [2.24, 2.45) is 0 Å². The van der Waals surface area contributed by atoms with Crippen LogP contribution in [0.25, 0.3) is 0 Å². The fraction of sp³-hybridized carbons (Fsp3) is 0.632. The summed E-state index contributed by atoms with van der Waals surface area (Å²) in [6, 6.07) is 2.68. The van der Waals surface area contributed by atoms with Crippen molar-refractivity contribution >= 4 is 11.7 Å². The number of hydrogen-bond donors (Lipinski definition) is 1. The number of amides is 2. The maximum Gasteiger partial charge on any atom is 0.430 e. The Labute approximate surface area is 170 Å². The molecule has 2 rings (SSSR count). The highest BCUT2D eigenvalue weighted by Gasteiger charge is 2.71. The molecule has 0 spiro atoms. The second-order valence-corrected chi connectivity index (χ2v) is 6.99. The van der Waals surface area contributed by atoms with Crippen molar-refractivity contribution in [3.63, 3.8) is 0 Å². The van der Waals surface area contributed by atoms with Crippen molar-refractivity contribution in [3.8, 4) is 0 Å². The van der Waals surface area contributed by atoms with Crippen molar-refractivity contribution in [1.29, 1.82) is 0 Å². The lowest BCUT2D eigenvalue weighted by Crippen LogP contribution is -2.54. The van der Waals surface area contributed by atoms with Crippen molar-refractivity contribution < 1.29 is 41.0 Å². The van der Waals surface area contributed by atoms with E-state index >= 15 is 0 Å². The molecule has 1 fully saturated rings. The summed E-state index contributed by atoms with van der Waals surface area (Å²) < 4.78 is 83.6. The minimum Gasteiger partial charge on any atom is -0.378 e. The molecule has 0 saturated carbocycles. The van der Waals surface area contributed by atoms with Gasteiger partial charge in [0.05, 0.1) is 13.2 Å². The fourth-order valence-electron chi connectivity index (χ4n) is 3.15. The molecule has 1 aromatic rings. The van der Waals surface area contributed by atoms with Crippen LogP contribution in [0.2, 0.25) is 0 Å². The van der Waals surface area contributed by atoms with E-state index in [1.165, 1.54) is 9.80 Å². The molecule has 5 nitrogen and oxygen atoms in total. The monoisotopic (exact) mass is 442 g/mol. The molecule has 0 aliphatic carbocycles. The number of carbonyl (C=O) groups excluding carboxylic acids is 1. The molecule has 170 valence electrons. The van der Waals surface area contributed by atoms with Gasteiger partial charge in [0.25, 0.3) is 5.60 Å². The van der Waals surface area contributed by atoms with Gasteiger partial charge in [-0.15, -0.1) is 0 Å². The zero-order valence-electron chi connectivity index (χ0n) is 16.4. The van der Waals surface area contributed by atoms with Gasteiger partial charge in [-0.3, -0.25) is 4.90 Å². The van der Waals surface area contributed by atoms with Gasteiger partial charge in [-0.25, -0.2) is 4.79 Å². The predicted octanol–water partition coefficient (Wildman–Crippen LogP) is 4.45. The number of nitrogens with zero attached hydrogens (tertiary/aromatic N) is 2. The van der Waals surface area contributed by atoms with Crippen LogP contribution in [0, 0.1) is 0 Å². The van der Waals surface area contributed by atoms with Crippen LogP contribution >= 0.6 is 0 Å². The van der Waals surface area contributed by atoms with E-state index in [0.717, 1.165) is 25.0 Å². The number of carbonyl (C=O) groups is 1. The van der Waals surface area contributed by atoms with E-state index in [4.69, 9.17) is 4.74 Å². The zero-order valence-corrected chi connectivity index (χ0v) is 16.4. The zero-order chi connectivity index (χ0) is 22.6. The number of rotatable bonds is 6. The summed E-state index contributed by atoms with van der Waals surface area (Å²) in [4.78, 5) is 15.7. The largest absolute Gasteiger partial charge is 0.430 e. The Kier molecular flexibility index (Phi) is 7.62. The Morgan fingerprint density at radius 2 is 1.57 bits per heavy atom. The molecule has 0 aromatic heterocycles. The fourth-order valence-corrected chi connectivity index (χ4v) is 3.15. The van der Waals surface area contributed by atoms with Gasteiger partial charge in [0.15, 0.2) is 0 Å². The van der Waals surface area contributed by atoms with Crippen LogP contribution in [0.3, 0.4) is 0 Å². The Hall–Kier alpha value is -2.01. The Bertz CT molecular complexity index is 686. The molecule has 1 N–H and O–H groups in total. The van der Waals surface area contributed by atoms with Crippen molar-refractivity contribution in [2.75, 3.05) is 37.7 Å². The minimum atomic E-state index is -5.96. The number of urea groups is 1. The summed E-state index contributed by atoms with van der Waals surface area (Å²) in [6.07, 6.45) is -9.65. The van der Waals surface area contributed by atoms with Crippen molar-refractivity contribution in [3.05, 3.63) is 29.8 Å². The Morgan fingerprint density at radius 3 is 2.03 bits per heavy atom. The highest BCUT2D eigenvalue weighted by atomic mass is 19.4. The topological polar surface area (TPSA) is 53.0 Å². The lowest BCUT2D eigenvalue weighted by Gasteiger charge is -2.34. The van der Waals surface area contributed by atoms with Gasteiger partial charge in [0.2, 0.25) is 0 Å². The standard InChI is InChI=1S/C19H24F6N2O3/c1-2-3-4-9-27(16(28)26-10-12-30-13-11-26)15-7-5-14(6-8-15)17(29,18(20,21)22)19(23,24)25/h5-8,29H,2-4,9-13H2,1H3. The molecular formula is C19H24F6N2O3. The third-order valence-corrected chi connectivity index (χ3v) is 4.92. The molecule has 1 aromatic carbocycles. The number of alkyl halides is 6. The van der Waals surface area contributed by atoms with E-state index in [-0.39, 0.29) is 12.2 Å². The highest BCUT2D eigenvalue weighted by molar-refractivity contribution is 5.92. The molecule has 1 aliphatic rings. The van der Waals surface area contributed by atoms with Crippen molar-refractivity contribution in [2.45, 2.75) is 44.1 Å². The molecule has 1 aliphatic heterocycles. The van der Waals surface area contributed by atoms with Gasteiger partial charge in [0, 0.05) is 30.9 Å². The number of unbranched alkanes of at least 4 members (excludes halogenated alkanes) is 2. The van der Waals surface area contributed by atoms with E-state index in [2.05, 4.69) is 0 Å². The number of halogens is 6. The quantitative estimate of drug-likeness (QED) is 0.523. The first-order valence-electron chi connectivity index (χ1n) is 9.54. The Balaban J connectivity index is 2.35. The van der Waals surface area contributed by atoms with Crippen LogP contribution in [0.15, 0.2) is 24.3 Å². The van der Waals surface area contributed by atoms with Gasteiger partial charge < -0.3 is 14.7 Å². The number of aliphatic hydroxyl groups is 1. The van der Waals surface area contributed by atoms with Crippen molar-refractivity contribution in [1.82, 2.24) is 4.90 Å². The lowest BCUT2D eigenvalue weighted by molar-refractivity contribution is -0.376. The van der Waals surface area contributed by atoms with Crippen LogP contribution < -0.4 is 4.90 Å². The summed E-state index contributed by atoms with van der Waals surface area (Å²) in [7, 11) is 0. The number of hydrogen-bond acceptors (Lipinski definition) is 3. The second kappa shape index (κ2) is 9.42. The van der Waals surface area contributed by atoms with Gasteiger partial charge in [0.1, 0.15) is 0 Å². The Morgan fingerprint density at radius 1 is 1.03 bits per heavy atom. The van der Waals surface area contributed by atoms with Gasteiger partial charge in [-0.1, -0.05) is 31.9 Å². The maximum atomic E-state index is 13.1. The molecule has 2 amide bonds. The highest BCUT2D eigenvalue weighted by Crippen LogP contribution is 2.50. The summed E-state index contributed by atoms with van der Waals surface area (Å²) in [5.74, 6) is 0. The van der Waals surface area contributed by atoms with E-state index < -0.39 is 29.5 Å². The second-order valence-electron chi connectivity index (χ2n) is 6.99. The first-order valence-corrected chi connectivity index (χ1v) is 9.54. The van der Waals surface area contributed by atoms with E-state index in [1.54, 1.807) is 0 Å². The SMILES string of the molecule is CCCCCN(C(=O)N1CCOCC1)c1ccc(C(O)(C(F)(F)F)C(F)(F)F)cc1. The first kappa shape index (κ1) is 24.3. The molecule has 0 bridgehead atoms. The van der Waals surface area contributed by atoms with Crippen LogP contribution in [0.4, 0.5) is 36.8 Å². The summed E-state index contributed by atoms with van der Waals surface area (Å²) in [6.45, 7) is 3.58. The van der Waals surface area contributed by atoms with Gasteiger partial charge >= 0.3 is 18.4 Å². The summed E-state index contributed by atoms with van der Waals surface area (Å²) in [5, 5.41) is 9.52. The third kappa shape index (κ3) is 5.00. The van der Waals surface area contributed by atoms with Gasteiger partial charge in [-0.2, -0.15) is 26.3 Å². The number of benzene rings is 1. The van der Waals surface area contributed by atoms with Gasteiger partial charge in [-0.05, 0) is 18.6 Å². The van der Waals surface area contributed by atoms with Crippen LogP contribution in [0.5, 0.6) is 0 Å². The van der Waals surface area contributed by atoms with E-state index in [9.17, 15) is 36.2 Å². The van der Waals surface area contributed by atoms with E-state index in [0.29, 0.717) is 44.9 Å². The molecule has 0 radical (unpaired) electrons. The number of morpholine rings is 1. The molecular weight excluding hydrogens is 418 g/mol. The minimum absolute atomic E-state index is 0.151. The lowest BCUT2D eigenvalue weighted by atomic mass is 9.92.